The lowest BCUT2D eigenvalue weighted by Gasteiger charge is -2.11. The van der Waals surface area contributed by atoms with E-state index in [4.69, 9.17) is 0 Å². The average molecular weight is 358 g/mol. The minimum Gasteiger partial charge on any atom is -0.352 e. The molecule has 128 valence electrons. The number of amides is 1. The van der Waals surface area contributed by atoms with Gasteiger partial charge in [-0.1, -0.05) is 17.8 Å². The fourth-order valence-corrected chi connectivity index (χ4v) is 5.16. The van der Waals surface area contributed by atoms with E-state index >= 15 is 0 Å². The number of rotatable bonds is 7. The van der Waals surface area contributed by atoms with Gasteiger partial charge in [-0.3, -0.25) is 4.79 Å². The summed E-state index contributed by atoms with van der Waals surface area (Å²) in [7, 11) is -1.04. The Morgan fingerprint density at radius 1 is 1.57 bits per heavy atom. The van der Waals surface area contributed by atoms with Crippen molar-refractivity contribution >= 4 is 27.5 Å². The van der Waals surface area contributed by atoms with Crippen molar-refractivity contribution < 1.29 is 13.2 Å². The Kier molecular flexibility index (Phi) is 5.85. The first kappa shape index (κ1) is 18.0. The Morgan fingerprint density at radius 3 is 2.91 bits per heavy atom. The van der Waals surface area contributed by atoms with Crippen LogP contribution >= 0.6 is 11.8 Å². The summed E-state index contributed by atoms with van der Waals surface area (Å²) in [5.74, 6) is 1.27. The van der Waals surface area contributed by atoms with Gasteiger partial charge in [-0.2, -0.15) is 0 Å². The molecular formula is C14H22N4O3S2. The van der Waals surface area contributed by atoms with E-state index in [-0.39, 0.29) is 28.6 Å². The summed E-state index contributed by atoms with van der Waals surface area (Å²) in [6.07, 6.45) is 2.91. The number of aromatic nitrogens is 3. The molecule has 2 heterocycles. The van der Waals surface area contributed by atoms with Gasteiger partial charge in [0.2, 0.25) is 5.91 Å². The summed E-state index contributed by atoms with van der Waals surface area (Å²) in [4.78, 5) is 11.9. The second-order valence-electron chi connectivity index (χ2n) is 5.72. The Hall–Kier alpha value is -1.35. The monoisotopic (exact) mass is 358 g/mol. The molecule has 0 bridgehead atoms. The SMILES string of the molecule is C=CCNC(=O)[C@@H](C)Sc1nnc(C[C@@H]2CCS(=O)(=O)C2)n1C. The molecule has 1 aliphatic rings. The first-order valence-corrected chi connectivity index (χ1v) is 10.2. The van der Waals surface area contributed by atoms with E-state index in [0.29, 0.717) is 24.5 Å². The zero-order valence-electron chi connectivity index (χ0n) is 13.4. The van der Waals surface area contributed by atoms with E-state index in [1.807, 2.05) is 11.6 Å². The van der Waals surface area contributed by atoms with Crippen LogP contribution in [-0.2, 0) is 28.1 Å². The summed E-state index contributed by atoms with van der Waals surface area (Å²) in [6, 6.07) is 0. The van der Waals surface area contributed by atoms with Crippen molar-refractivity contribution in [2.24, 2.45) is 13.0 Å². The first-order valence-electron chi connectivity index (χ1n) is 7.46. The van der Waals surface area contributed by atoms with E-state index in [1.54, 1.807) is 13.0 Å². The number of nitrogens with one attached hydrogen (secondary N) is 1. The van der Waals surface area contributed by atoms with Gasteiger partial charge >= 0.3 is 0 Å². The first-order chi connectivity index (χ1) is 10.8. The topological polar surface area (TPSA) is 94.0 Å². The van der Waals surface area contributed by atoms with E-state index in [9.17, 15) is 13.2 Å². The summed E-state index contributed by atoms with van der Waals surface area (Å²) in [5.41, 5.74) is 0. The lowest BCUT2D eigenvalue weighted by molar-refractivity contribution is -0.120. The zero-order valence-corrected chi connectivity index (χ0v) is 15.0. The molecule has 1 aromatic rings. The van der Waals surface area contributed by atoms with E-state index in [0.717, 1.165) is 5.82 Å². The molecule has 7 nitrogen and oxygen atoms in total. The average Bonchev–Trinajstić information content (AvgIpc) is 3.01. The molecule has 0 spiro atoms. The van der Waals surface area contributed by atoms with Gasteiger partial charge in [0.25, 0.3) is 0 Å². The van der Waals surface area contributed by atoms with Gasteiger partial charge < -0.3 is 9.88 Å². The fraction of sp³-hybridized carbons (Fsp3) is 0.643. The Labute approximate surface area is 140 Å². The Bertz CT molecular complexity index is 684. The maximum atomic E-state index is 11.9. The molecule has 2 atom stereocenters. The van der Waals surface area contributed by atoms with Gasteiger partial charge in [-0.15, -0.1) is 16.8 Å². The van der Waals surface area contributed by atoms with Crippen LogP contribution in [0.1, 0.15) is 19.2 Å². The summed E-state index contributed by atoms with van der Waals surface area (Å²) >= 11 is 1.33. The molecule has 0 saturated carbocycles. The van der Waals surface area contributed by atoms with E-state index in [1.165, 1.54) is 11.8 Å². The molecular weight excluding hydrogens is 336 g/mol. The number of thioether (sulfide) groups is 1. The van der Waals surface area contributed by atoms with Gasteiger partial charge in [0, 0.05) is 20.0 Å². The third-order valence-corrected chi connectivity index (χ3v) is 6.77. The summed E-state index contributed by atoms with van der Waals surface area (Å²) < 4.78 is 24.9. The molecule has 0 aliphatic carbocycles. The number of hydrogen-bond donors (Lipinski definition) is 1. The molecule has 0 radical (unpaired) electrons. The number of nitrogens with zero attached hydrogens (tertiary/aromatic N) is 3. The van der Waals surface area contributed by atoms with Crippen molar-refractivity contribution in [1.82, 2.24) is 20.1 Å². The van der Waals surface area contributed by atoms with Crippen molar-refractivity contribution in [1.29, 1.82) is 0 Å². The third-order valence-electron chi connectivity index (χ3n) is 3.80. The molecule has 23 heavy (non-hydrogen) atoms. The Morgan fingerprint density at radius 2 is 2.30 bits per heavy atom. The molecule has 1 saturated heterocycles. The van der Waals surface area contributed by atoms with Crippen LogP contribution in [0.3, 0.4) is 0 Å². The number of hydrogen-bond acceptors (Lipinski definition) is 6. The van der Waals surface area contributed by atoms with Crippen molar-refractivity contribution in [2.45, 2.75) is 30.2 Å². The normalized spacial score (nSPS) is 21.0. The maximum absolute atomic E-state index is 11.9. The highest BCUT2D eigenvalue weighted by atomic mass is 32.2. The fourth-order valence-electron chi connectivity index (χ4n) is 2.44. The van der Waals surface area contributed by atoms with Crippen molar-refractivity contribution in [3.05, 3.63) is 18.5 Å². The van der Waals surface area contributed by atoms with Gasteiger partial charge in [-0.05, 0) is 19.3 Å². The molecule has 1 amide bonds. The highest BCUT2D eigenvalue weighted by Crippen LogP contribution is 2.25. The largest absolute Gasteiger partial charge is 0.352 e. The van der Waals surface area contributed by atoms with E-state index in [2.05, 4.69) is 22.1 Å². The predicted molar refractivity (Wildman–Crippen MR) is 90.0 cm³/mol. The van der Waals surface area contributed by atoms with Crippen LogP contribution in [0.25, 0.3) is 0 Å². The number of carbonyl (C=O) groups excluding carboxylic acids is 1. The van der Waals surface area contributed by atoms with Crippen LogP contribution in [-0.4, -0.2) is 52.4 Å². The van der Waals surface area contributed by atoms with Crippen molar-refractivity contribution in [2.75, 3.05) is 18.1 Å². The van der Waals surface area contributed by atoms with Gasteiger partial charge in [0.1, 0.15) is 5.82 Å². The minimum atomic E-state index is -2.88. The Balaban J connectivity index is 1.96. The van der Waals surface area contributed by atoms with Gasteiger partial charge in [-0.25, -0.2) is 8.42 Å². The van der Waals surface area contributed by atoms with Crippen molar-refractivity contribution in [3.63, 3.8) is 0 Å². The van der Waals surface area contributed by atoms with Crippen LogP contribution < -0.4 is 5.32 Å². The maximum Gasteiger partial charge on any atom is 0.233 e. The van der Waals surface area contributed by atoms with Gasteiger partial charge in [0.05, 0.1) is 16.8 Å². The molecule has 1 N–H and O–H groups in total. The standard InChI is InChI=1S/C14H22N4O3S2/c1-4-6-15-13(19)10(2)22-14-17-16-12(18(14)3)8-11-5-7-23(20,21)9-11/h4,10-11H,1,5-9H2,2-3H3,(H,15,19)/t10-,11+/m1/s1. The van der Waals surface area contributed by atoms with E-state index < -0.39 is 9.84 Å². The highest BCUT2D eigenvalue weighted by molar-refractivity contribution is 8.00. The zero-order chi connectivity index (χ0) is 17.0. The quantitative estimate of drug-likeness (QED) is 0.566. The summed E-state index contributed by atoms with van der Waals surface area (Å²) in [6.45, 7) is 5.80. The minimum absolute atomic E-state index is 0.0821. The highest BCUT2D eigenvalue weighted by Gasteiger charge is 2.29. The molecule has 9 heteroatoms. The second-order valence-corrected chi connectivity index (χ2v) is 9.26. The van der Waals surface area contributed by atoms with Crippen molar-refractivity contribution in [3.8, 4) is 0 Å². The molecule has 0 aromatic carbocycles. The second kappa shape index (κ2) is 7.48. The van der Waals surface area contributed by atoms with Crippen LogP contribution in [0.2, 0.25) is 0 Å². The molecule has 1 aromatic heterocycles. The van der Waals surface area contributed by atoms with Crippen LogP contribution in [0.15, 0.2) is 17.8 Å². The molecule has 2 rings (SSSR count). The van der Waals surface area contributed by atoms with Crippen LogP contribution in [0.4, 0.5) is 0 Å². The molecule has 0 unspecified atom stereocenters. The van der Waals surface area contributed by atoms with Gasteiger partial charge in [0.15, 0.2) is 15.0 Å². The predicted octanol–water partition coefficient (Wildman–Crippen LogP) is 0.575. The molecule has 1 aliphatic heterocycles. The lowest BCUT2D eigenvalue weighted by atomic mass is 10.1. The smallest absolute Gasteiger partial charge is 0.233 e. The number of carbonyl (C=O) groups is 1. The third kappa shape index (κ3) is 4.81. The van der Waals surface area contributed by atoms with Crippen LogP contribution in [0.5, 0.6) is 0 Å². The number of sulfone groups is 1. The lowest BCUT2D eigenvalue weighted by Crippen LogP contribution is -2.31. The summed E-state index contributed by atoms with van der Waals surface area (Å²) in [5, 5.41) is 11.4. The van der Waals surface area contributed by atoms with Crippen LogP contribution in [0, 0.1) is 5.92 Å². The molecule has 1 fully saturated rings.